The molecule has 0 spiro atoms. The quantitative estimate of drug-likeness (QED) is 0.634. The van der Waals surface area contributed by atoms with Crippen LogP contribution in [-0.2, 0) is 9.59 Å². The summed E-state index contributed by atoms with van der Waals surface area (Å²) in [6.07, 6.45) is 0.444. The van der Waals surface area contributed by atoms with Crippen molar-refractivity contribution in [2.45, 2.75) is 27.2 Å². The standard InChI is InChI=1S/C5H11NO.C3H7NO/c1-4(2)5(7)3-6;1-2-3(4)5/h4H,3,6H2,1-2H3;2H2,1H3,(H2,4,5). The smallest absolute Gasteiger partial charge is 0.217 e. The average Bonchev–Trinajstić information content (AvgIpc) is 2.04. The summed E-state index contributed by atoms with van der Waals surface area (Å²) >= 11 is 0. The molecule has 72 valence electrons. The molecule has 0 radical (unpaired) electrons. The minimum Gasteiger partial charge on any atom is -0.370 e. The molecule has 0 atom stereocenters. The lowest BCUT2D eigenvalue weighted by Gasteiger charge is -1.96. The average molecular weight is 174 g/mol. The molecule has 12 heavy (non-hydrogen) atoms. The van der Waals surface area contributed by atoms with Crippen molar-refractivity contribution >= 4 is 11.7 Å². The van der Waals surface area contributed by atoms with Crippen LogP contribution in [0.15, 0.2) is 0 Å². The van der Waals surface area contributed by atoms with Gasteiger partial charge in [-0.15, -0.1) is 0 Å². The summed E-state index contributed by atoms with van der Waals surface area (Å²) in [6.45, 7) is 5.59. The van der Waals surface area contributed by atoms with E-state index in [4.69, 9.17) is 5.73 Å². The molecule has 4 nitrogen and oxygen atoms in total. The van der Waals surface area contributed by atoms with E-state index in [0.717, 1.165) is 0 Å². The van der Waals surface area contributed by atoms with Crippen molar-refractivity contribution in [2.24, 2.45) is 17.4 Å². The van der Waals surface area contributed by atoms with Crippen molar-refractivity contribution in [3.05, 3.63) is 0 Å². The van der Waals surface area contributed by atoms with E-state index in [9.17, 15) is 9.59 Å². The second-order valence-corrected chi connectivity index (χ2v) is 2.65. The molecule has 4 N–H and O–H groups in total. The maximum absolute atomic E-state index is 10.4. The molecule has 0 aliphatic rings. The first-order valence-corrected chi connectivity index (χ1v) is 3.96. The minimum absolute atomic E-state index is 0.102. The zero-order chi connectivity index (χ0) is 10.1. The summed E-state index contributed by atoms with van der Waals surface area (Å²) < 4.78 is 0. The van der Waals surface area contributed by atoms with Crippen molar-refractivity contribution < 1.29 is 9.59 Å². The Bertz CT molecular complexity index is 144. The molecule has 0 unspecified atom stereocenters. The van der Waals surface area contributed by atoms with Gasteiger partial charge in [-0.05, 0) is 0 Å². The molecule has 0 bridgehead atoms. The van der Waals surface area contributed by atoms with Gasteiger partial charge in [0.1, 0.15) is 5.78 Å². The van der Waals surface area contributed by atoms with Crippen LogP contribution in [0.5, 0.6) is 0 Å². The Morgan fingerprint density at radius 1 is 1.33 bits per heavy atom. The van der Waals surface area contributed by atoms with E-state index in [-0.39, 0.29) is 24.2 Å². The molecule has 0 aliphatic heterocycles. The van der Waals surface area contributed by atoms with E-state index in [2.05, 4.69) is 5.73 Å². The lowest BCUT2D eigenvalue weighted by Crippen LogP contribution is -2.18. The predicted octanol–water partition coefficient (Wildman–Crippen LogP) is 0.0519. The molecule has 0 fully saturated rings. The van der Waals surface area contributed by atoms with E-state index in [1.54, 1.807) is 6.92 Å². The maximum Gasteiger partial charge on any atom is 0.217 e. The molecule has 0 aliphatic carbocycles. The number of hydrogen-bond donors (Lipinski definition) is 2. The Kier molecular flexibility index (Phi) is 9.34. The van der Waals surface area contributed by atoms with Crippen LogP contribution >= 0.6 is 0 Å². The summed E-state index contributed by atoms with van der Waals surface area (Å²) in [5.41, 5.74) is 9.68. The molecule has 0 rings (SSSR count). The van der Waals surface area contributed by atoms with Crippen molar-refractivity contribution in [3.8, 4) is 0 Å². The monoisotopic (exact) mass is 174 g/mol. The summed E-state index contributed by atoms with van der Waals surface area (Å²) in [5, 5.41) is 0. The van der Waals surface area contributed by atoms with Gasteiger partial charge in [0, 0.05) is 12.3 Å². The summed E-state index contributed by atoms with van der Waals surface area (Å²) in [7, 11) is 0. The third kappa shape index (κ3) is 11.8. The van der Waals surface area contributed by atoms with Crippen LogP contribution in [0, 0.1) is 5.92 Å². The minimum atomic E-state index is -0.245. The first kappa shape index (κ1) is 13.7. The lowest BCUT2D eigenvalue weighted by atomic mass is 10.1. The van der Waals surface area contributed by atoms with Crippen LogP contribution in [-0.4, -0.2) is 18.2 Å². The van der Waals surface area contributed by atoms with Crippen LogP contribution in [0.1, 0.15) is 27.2 Å². The third-order valence-electron chi connectivity index (χ3n) is 1.19. The van der Waals surface area contributed by atoms with Gasteiger partial charge in [-0.2, -0.15) is 0 Å². The second kappa shape index (κ2) is 8.20. The van der Waals surface area contributed by atoms with E-state index in [0.29, 0.717) is 6.42 Å². The lowest BCUT2D eigenvalue weighted by molar-refractivity contribution is -0.120. The van der Waals surface area contributed by atoms with Gasteiger partial charge in [0.2, 0.25) is 5.91 Å². The van der Waals surface area contributed by atoms with Crippen LogP contribution in [0.3, 0.4) is 0 Å². The van der Waals surface area contributed by atoms with Crippen LogP contribution in [0.4, 0.5) is 0 Å². The fourth-order valence-corrected chi connectivity index (χ4v) is 0.236. The van der Waals surface area contributed by atoms with Gasteiger partial charge in [0.25, 0.3) is 0 Å². The number of Topliss-reactive ketones (excluding diaryl/α,β-unsaturated/α-hetero) is 1. The number of nitrogens with two attached hydrogens (primary N) is 2. The van der Waals surface area contributed by atoms with E-state index in [1.165, 1.54) is 0 Å². The second-order valence-electron chi connectivity index (χ2n) is 2.65. The first-order chi connectivity index (χ1) is 5.45. The zero-order valence-corrected chi connectivity index (χ0v) is 7.96. The molecule has 0 saturated heterocycles. The van der Waals surface area contributed by atoms with Crippen LogP contribution < -0.4 is 11.5 Å². The van der Waals surface area contributed by atoms with Gasteiger partial charge in [-0.1, -0.05) is 20.8 Å². The number of carbonyl (C=O) groups excluding carboxylic acids is 2. The largest absolute Gasteiger partial charge is 0.370 e. The predicted molar refractivity (Wildman–Crippen MR) is 48.4 cm³/mol. The molecule has 1 amide bonds. The molecule has 0 aromatic rings. The summed E-state index contributed by atoms with van der Waals surface area (Å²) in [4.78, 5) is 20.0. The van der Waals surface area contributed by atoms with Gasteiger partial charge < -0.3 is 11.5 Å². The van der Waals surface area contributed by atoms with Crippen molar-refractivity contribution in [1.29, 1.82) is 0 Å². The van der Waals surface area contributed by atoms with Gasteiger partial charge in [0.15, 0.2) is 0 Å². The molecular weight excluding hydrogens is 156 g/mol. The summed E-state index contributed by atoms with van der Waals surface area (Å²) in [5.74, 6) is -0.0185. The number of primary amides is 1. The molecule has 0 saturated carbocycles. The van der Waals surface area contributed by atoms with Gasteiger partial charge in [-0.25, -0.2) is 0 Å². The topological polar surface area (TPSA) is 86.2 Å². The Labute approximate surface area is 73.3 Å². The Balaban J connectivity index is 0. The Morgan fingerprint density at radius 2 is 1.67 bits per heavy atom. The maximum atomic E-state index is 10.4. The highest BCUT2D eigenvalue weighted by molar-refractivity contribution is 5.81. The number of carbonyl (C=O) groups is 2. The third-order valence-corrected chi connectivity index (χ3v) is 1.19. The van der Waals surface area contributed by atoms with Crippen molar-refractivity contribution in [1.82, 2.24) is 0 Å². The Hall–Kier alpha value is -0.900. The number of rotatable bonds is 3. The molecule has 0 heterocycles. The van der Waals surface area contributed by atoms with Gasteiger partial charge >= 0.3 is 0 Å². The molecule has 0 aromatic carbocycles. The van der Waals surface area contributed by atoms with Gasteiger partial charge in [0.05, 0.1) is 6.54 Å². The highest BCUT2D eigenvalue weighted by atomic mass is 16.1. The molecule has 0 aromatic heterocycles. The summed E-state index contributed by atoms with van der Waals surface area (Å²) in [6, 6.07) is 0. The Morgan fingerprint density at radius 3 is 1.67 bits per heavy atom. The van der Waals surface area contributed by atoms with E-state index >= 15 is 0 Å². The van der Waals surface area contributed by atoms with Crippen LogP contribution in [0.2, 0.25) is 0 Å². The van der Waals surface area contributed by atoms with Crippen molar-refractivity contribution in [2.75, 3.05) is 6.54 Å². The number of hydrogen-bond acceptors (Lipinski definition) is 3. The highest BCUT2D eigenvalue weighted by Crippen LogP contribution is 1.89. The number of amides is 1. The number of ketones is 1. The van der Waals surface area contributed by atoms with Gasteiger partial charge in [-0.3, -0.25) is 9.59 Å². The highest BCUT2D eigenvalue weighted by Gasteiger charge is 2.01. The molecule has 4 heteroatoms. The molecular formula is C8H18N2O2. The fraction of sp³-hybridized carbons (Fsp3) is 0.750. The van der Waals surface area contributed by atoms with Crippen molar-refractivity contribution in [3.63, 3.8) is 0 Å². The van der Waals surface area contributed by atoms with E-state index < -0.39 is 0 Å². The van der Waals surface area contributed by atoms with Crippen LogP contribution in [0.25, 0.3) is 0 Å². The van der Waals surface area contributed by atoms with E-state index in [1.807, 2.05) is 13.8 Å². The normalized spacial score (nSPS) is 8.75. The fourth-order valence-electron chi connectivity index (χ4n) is 0.236. The SMILES string of the molecule is CC(C)C(=O)CN.CCC(N)=O. The zero-order valence-electron chi connectivity index (χ0n) is 7.96. The first-order valence-electron chi connectivity index (χ1n) is 3.96.